The van der Waals surface area contributed by atoms with Crippen molar-refractivity contribution in [3.05, 3.63) is 76.9 Å². The van der Waals surface area contributed by atoms with E-state index >= 15 is 0 Å². The molecular weight excluding hydrogens is 420 g/mol. The van der Waals surface area contributed by atoms with E-state index in [0.29, 0.717) is 22.2 Å². The zero-order chi connectivity index (χ0) is 23.5. The lowest BCUT2D eigenvalue weighted by Crippen LogP contribution is -2.41. The van der Waals surface area contributed by atoms with Crippen LogP contribution in [0.5, 0.6) is 0 Å². The van der Waals surface area contributed by atoms with Crippen molar-refractivity contribution in [2.75, 3.05) is 18.5 Å². The lowest BCUT2D eigenvalue weighted by atomic mass is 9.94. The van der Waals surface area contributed by atoms with Crippen LogP contribution in [-0.2, 0) is 14.3 Å². The number of carbonyl (C=O) groups excluding carboxylic acids is 4. The van der Waals surface area contributed by atoms with E-state index in [0.717, 1.165) is 21.4 Å². The molecule has 168 valence electrons. The second-order valence-electron chi connectivity index (χ2n) is 8.05. The van der Waals surface area contributed by atoms with E-state index in [1.54, 1.807) is 24.3 Å². The normalized spacial score (nSPS) is 12.7. The van der Waals surface area contributed by atoms with Gasteiger partial charge in [-0.1, -0.05) is 42.5 Å². The third-order valence-corrected chi connectivity index (χ3v) is 5.73. The van der Waals surface area contributed by atoms with Gasteiger partial charge >= 0.3 is 5.97 Å². The lowest BCUT2D eigenvalue weighted by molar-refractivity contribution is -0.147. The van der Waals surface area contributed by atoms with Gasteiger partial charge in [0, 0.05) is 35.2 Å². The summed E-state index contributed by atoms with van der Waals surface area (Å²) in [6.07, 6.45) is 0.229. The minimum Gasteiger partial charge on any atom is -0.456 e. The summed E-state index contributed by atoms with van der Waals surface area (Å²) < 4.78 is 5.06. The summed E-state index contributed by atoms with van der Waals surface area (Å²) in [6, 6.07) is 16.4. The fourth-order valence-corrected chi connectivity index (χ4v) is 4.07. The Kier molecular flexibility index (Phi) is 6.22. The van der Waals surface area contributed by atoms with Crippen LogP contribution in [0.25, 0.3) is 10.8 Å². The molecule has 33 heavy (non-hydrogen) atoms. The Labute approximate surface area is 191 Å². The topological polar surface area (TPSA) is 92.8 Å². The quantitative estimate of drug-likeness (QED) is 0.439. The molecule has 0 radical (unpaired) electrons. The van der Waals surface area contributed by atoms with Crippen molar-refractivity contribution in [1.29, 1.82) is 0 Å². The third-order valence-electron chi connectivity index (χ3n) is 5.73. The second-order valence-corrected chi connectivity index (χ2v) is 8.05. The molecular formula is C26H24N2O5. The Hall–Kier alpha value is -4.00. The number of para-hydroxylation sites is 1. The largest absolute Gasteiger partial charge is 0.456 e. The number of amides is 3. The minimum atomic E-state index is -0.564. The molecule has 0 fully saturated rings. The van der Waals surface area contributed by atoms with Crippen molar-refractivity contribution >= 4 is 40.2 Å². The predicted molar refractivity (Wildman–Crippen MR) is 124 cm³/mol. The molecule has 0 aliphatic carbocycles. The van der Waals surface area contributed by atoms with Gasteiger partial charge in [0.25, 0.3) is 17.7 Å². The summed E-state index contributed by atoms with van der Waals surface area (Å²) in [5.41, 5.74) is 3.50. The molecule has 1 heterocycles. The molecule has 1 aliphatic heterocycles. The number of esters is 1. The molecule has 0 atom stereocenters. The molecule has 1 N–H and O–H groups in total. The summed E-state index contributed by atoms with van der Waals surface area (Å²) in [7, 11) is 0. The monoisotopic (exact) mass is 444 g/mol. The number of nitrogens with one attached hydrogen (secondary N) is 1. The van der Waals surface area contributed by atoms with Crippen molar-refractivity contribution < 1.29 is 23.9 Å². The molecule has 0 aromatic heterocycles. The average molecular weight is 444 g/mol. The molecule has 0 spiro atoms. The van der Waals surface area contributed by atoms with Crippen LogP contribution in [0.1, 0.15) is 44.7 Å². The van der Waals surface area contributed by atoms with E-state index in [1.165, 1.54) is 0 Å². The van der Waals surface area contributed by atoms with Crippen molar-refractivity contribution in [2.45, 2.75) is 26.7 Å². The highest BCUT2D eigenvalue weighted by Crippen LogP contribution is 2.30. The molecule has 0 saturated carbocycles. The first-order chi connectivity index (χ1) is 15.9. The molecule has 3 aromatic rings. The summed E-state index contributed by atoms with van der Waals surface area (Å²) in [5.74, 6) is -1.73. The maximum atomic E-state index is 12.9. The van der Waals surface area contributed by atoms with Crippen LogP contribution in [0, 0.1) is 13.8 Å². The van der Waals surface area contributed by atoms with Crippen LogP contribution >= 0.6 is 0 Å². The van der Waals surface area contributed by atoms with Crippen molar-refractivity contribution in [2.24, 2.45) is 0 Å². The van der Waals surface area contributed by atoms with Crippen LogP contribution in [0.4, 0.5) is 5.69 Å². The van der Waals surface area contributed by atoms with Crippen molar-refractivity contribution in [1.82, 2.24) is 4.90 Å². The Morgan fingerprint density at radius 2 is 1.45 bits per heavy atom. The summed E-state index contributed by atoms with van der Waals surface area (Å²) in [6.45, 7) is 3.46. The Morgan fingerprint density at radius 3 is 2.06 bits per heavy atom. The van der Waals surface area contributed by atoms with Gasteiger partial charge in [-0.05, 0) is 48.9 Å². The van der Waals surface area contributed by atoms with Gasteiger partial charge in [0.15, 0.2) is 6.61 Å². The number of hydrogen-bond donors (Lipinski definition) is 1. The second kappa shape index (κ2) is 9.24. The van der Waals surface area contributed by atoms with Gasteiger partial charge in [0.05, 0.1) is 0 Å². The highest BCUT2D eigenvalue weighted by atomic mass is 16.5. The SMILES string of the molecule is Cc1cccc(C)c1NC(=O)COC(=O)CCCN1C(=O)c2cccc3cccc(c23)C1=O. The van der Waals surface area contributed by atoms with Crippen LogP contribution in [0.3, 0.4) is 0 Å². The maximum Gasteiger partial charge on any atom is 0.306 e. The molecule has 1 aliphatic rings. The lowest BCUT2D eigenvalue weighted by Gasteiger charge is -2.27. The first kappa shape index (κ1) is 22.2. The zero-order valence-electron chi connectivity index (χ0n) is 18.5. The van der Waals surface area contributed by atoms with E-state index in [4.69, 9.17) is 4.74 Å². The predicted octanol–water partition coefficient (Wildman–Crippen LogP) is 4.01. The van der Waals surface area contributed by atoms with Crippen LogP contribution in [-0.4, -0.2) is 41.7 Å². The van der Waals surface area contributed by atoms with Gasteiger partial charge in [-0.15, -0.1) is 0 Å². The zero-order valence-corrected chi connectivity index (χ0v) is 18.5. The molecule has 3 aromatic carbocycles. The van der Waals surface area contributed by atoms with E-state index in [1.807, 2.05) is 44.2 Å². The van der Waals surface area contributed by atoms with Gasteiger partial charge < -0.3 is 10.1 Å². The Bertz CT molecular complexity index is 1210. The number of carbonyl (C=O) groups is 4. The minimum absolute atomic E-state index is 0.0143. The van der Waals surface area contributed by atoms with Gasteiger partial charge in [0.2, 0.25) is 0 Å². The van der Waals surface area contributed by atoms with E-state index < -0.39 is 18.5 Å². The average Bonchev–Trinajstić information content (AvgIpc) is 2.80. The Morgan fingerprint density at radius 1 is 0.879 bits per heavy atom. The Balaban J connectivity index is 1.30. The summed E-state index contributed by atoms with van der Waals surface area (Å²) >= 11 is 0. The van der Waals surface area contributed by atoms with Gasteiger partial charge in [0.1, 0.15) is 0 Å². The molecule has 0 unspecified atom stereocenters. The number of nitrogens with zero attached hydrogens (tertiary/aromatic N) is 1. The fourth-order valence-electron chi connectivity index (χ4n) is 4.07. The number of rotatable bonds is 7. The van der Waals surface area contributed by atoms with Gasteiger partial charge in [-0.2, -0.15) is 0 Å². The highest BCUT2D eigenvalue weighted by Gasteiger charge is 2.32. The fraction of sp³-hybridized carbons (Fsp3) is 0.231. The third kappa shape index (κ3) is 4.48. The smallest absolute Gasteiger partial charge is 0.306 e. The van der Waals surface area contributed by atoms with E-state index in [9.17, 15) is 19.2 Å². The van der Waals surface area contributed by atoms with E-state index in [-0.39, 0.29) is 31.2 Å². The maximum absolute atomic E-state index is 12.9. The highest BCUT2D eigenvalue weighted by molar-refractivity contribution is 6.25. The first-order valence-corrected chi connectivity index (χ1v) is 10.8. The first-order valence-electron chi connectivity index (χ1n) is 10.8. The van der Waals surface area contributed by atoms with Crippen LogP contribution in [0.2, 0.25) is 0 Å². The molecule has 0 bridgehead atoms. The van der Waals surface area contributed by atoms with Gasteiger partial charge in [-0.25, -0.2) is 0 Å². The van der Waals surface area contributed by atoms with Gasteiger partial charge in [-0.3, -0.25) is 24.1 Å². The summed E-state index contributed by atoms with van der Waals surface area (Å²) in [5, 5.41) is 4.27. The van der Waals surface area contributed by atoms with Crippen LogP contribution < -0.4 is 5.32 Å². The van der Waals surface area contributed by atoms with E-state index in [2.05, 4.69) is 5.32 Å². The number of ether oxygens (including phenoxy) is 1. The standard InChI is InChI=1S/C26H24N2O5/c1-16-7-3-8-17(2)24(16)27-21(29)15-33-22(30)13-6-14-28-25(31)19-11-4-9-18-10-5-12-20(23(18)19)26(28)32/h3-5,7-12H,6,13-15H2,1-2H3,(H,27,29). The van der Waals surface area contributed by atoms with Crippen LogP contribution in [0.15, 0.2) is 54.6 Å². The molecule has 4 rings (SSSR count). The number of benzene rings is 3. The van der Waals surface area contributed by atoms with Crippen molar-refractivity contribution in [3.8, 4) is 0 Å². The number of aryl methyl sites for hydroxylation is 2. The summed E-state index contributed by atoms with van der Waals surface area (Å²) in [4.78, 5) is 51.2. The molecule has 7 heteroatoms. The molecule has 7 nitrogen and oxygen atoms in total. The molecule has 0 saturated heterocycles. The molecule has 3 amide bonds. The number of hydrogen-bond acceptors (Lipinski definition) is 5. The number of imide groups is 1. The number of anilines is 1. The van der Waals surface area contributed by atoms with Crippen molar-refractivity contribution in [3.63, 3.8) is 0 Å².